The third-order valence-corrected chi connectivity index (χ3v) is 3.83. The number of aromatic nitrogens is 2. The maximum absolute atomic E-state index is 12.0. The van der Waals surface area contributed by atoms with Crippen molar-refractivity contribution in [3.63, 3.8) is 0 Å². The van der Waals surface area contributed by atoms with Gasteiger partial charge in [-0.3, -0.25) is 13.9 Å². The zero-order valence-corrected chi connectivity index (χ0v) is 11.5. The van der Waals surface area contributed by atoms with E-state index in [2.05, 4.69) is 6.92 Å². The summed E-state index contributed by atoms with van der Waals surface area (Å²) in [5.41, 5.74) is -0.851. The fraction of sp³-hybridized carbons (Fsp3) is 0.615. The summed E-state index contributed by atoms with van der Waals surface area (Å²) in [6, 6.07) is 1.95. The molecule has 0 aliphatic carbocycles. The van der Waals surface area contributed by atoms with Crippen molar-refractivity contribution in [3.8, 4) is 6.07 Å². The summed E-state index contributed by atoms with van der Waals surface area (Å²) in [5, 5.41) is 9.22. The van der Waals surface area contributed by atoms with Crippen LogP contribution >= 0.6 is 0 Å². The van der Waals surface area contributed by atoms with Crippen molar-refractivity contribution in [2.45, 2.75) is 19.8 Å². The van der Waals surface area contributed by atoms with Gasteiger partial charge in [0, 0.05) is 27.2 Å². The van der Waals surface area contributed by atoms with Crippen LogP contribution in [0.3, 0.4) is 0 Å². The molecule has 0 spiro atoms. The average Bonchev–Trinajstić information content (AvgIpc) is 2.41. The Morgan fingerprint density at radius 3 is 2.26 bits per heavy atom. The molecule has 6 heteroatoms. The number of anilines is 1. The van der Waals surface area contributed by atoms with Gasteiger partial charge in [0.15, 0.2) is 5.56 Å². The van der Waals surface area contributed by atoms with Gasteiger partial charge in [-0.1, -0.05) is 6.92 Å². The highest BCUT2D eigenvalue weighted by Crippen LogP contribution is 2.22. The van der Waals surface area contributed by atoms with Gasteiger partial charge in [-0.25, -0.2) is 4.79 Å². The van der Waals surface area contributed by atoms with E-state index in [4.69, 9.17) is 0 Å². The fourth-order valence-corrected chi connectivity index (χ4v) is 2.52. The lowest BCUT2D eigenvalue weighted by Gasteiger charge is -2.33. The molecule has 6 nitrogen and oxygen atoms in total. The van der Waals surface area contributed by atoms with Crippen LogP contribution in [0.2, 0.25) is 0 Å². The molecule has 1 aliphatic rings. The highest BCUT2D eigenvalue weighted by Gasteiger charge is 2.24. The lowest BCUT2D eigenvalue weighted by Crippen LogP contribution is -2.44. The molecule has 102 valence electrons. The van der Waals surface area contributed by atoms with Gasteiger partial charge in [-0.15, -0.1) is 0 Å². The van der Waals surface area contributed by atoms with E-state index < -0.39 is 11.2 Å². The quantitative estimate of drug-likeness (QED) is 0.724. The monoisotopic (exact) mass is 262 g/mol. The minimum absolute atomic E-state index is 0.0548. The van der Waals surface area contributed by atoms with E-state index in [1.54, 1.807) is 7.05 Å². The largest absolute Gasteiger partial charge is 0.357 e. The van der Waals surface area contributed by atoms with Gasteiger partial charge in [0.1, 0.15) is 11.9 Å². The summed E-state index contributed by atoms with van der Waals surface area (Å²) in [7, 11) is 3.00. The second kappa shape index (κ2) is 4.92. The van der Waals surface area contributed by atoms with E-state index in [1.165, 1.54) is 11.6 Å². The minimum atomic E-state index is -0.515. The Morgan fingerprint density at radius 2 is 1.74 bits per heavy atom. The van der Waals surface area contributed by atoms with Gasteiger partial charge in [0.25, 0.3) is 5.56 Å². The van der Waals surface area contributed by atoms with Gasteiger partial charge in [-0.2, -0.15) is 5.26 Å². The van der Waals surface area contributed by atoms with Crippen LogP contribution in [0.1, 0.15) is 25.3 Å². The lowest BCUT2D eigenvalue weighted by molar-refractivity contribution is 0.432. The molecular formula is C13H18N4O2. The molecule has 1 fully saturated rings. The first-order chi connectivity index (χ1) is 8.97. The van der Waals surface area contributed by atoms with Crippen molar-refractivity contribution in [2.24, 2.45) is 20.0 Å². The molecule has 1 saturated heterocycles. The first kappa shape index (κ1) is 13.4. The highest BCUT2D eigenvalue weighted by atomic mass is 16.2. The number of nitriles is 1. The summed E-state index contributed by atoms with van der Waals surface area (Å²) in [4.78, 5) is 25.9. The lowest BCUT2D eigenvalue weighted by atomic mass is 9.99. The second-order valence-electron chi connectivity index (χ2n) is 5.19. The molecule has 19 heavy (non-hydrogen) atoms. The molecule has 0 aromatic carbocycles. The summed E-state index contributed by atoms with van der Waals surface area (Å²) in [6.45, 7) is 3.73. The van der Waals surface area contributed by atoms with E-state index in [9.17, 15) is 14.9 Å². The van der Waals surface area contributed by atoms with Crippen molar-refractivity contribution in [2.75, 3.05) is 18.0 Å². The van der Waals surface area contributed by atoms with Crippen molar-refractivity contribution in [1.29, 1.82) is 5.26 Å². The summed E-state index contributed by atoms with van der Waals surface area (Å²) < 4.78 is 2.38. The van der Waals surface area contributed by atoms with E-state index >= 15 is 0 Å². The molecule has 1 aromatic heterocycles. The summed E-state index contributed by atoms with van der Waals surface area (Å²) in [6.07, 6.45) is 2.02. The third kappa shape index (κ3) is 2.16. The zero-order chi connectivity index (χ0) is 14.2. The Kier molecular flexibility index (Phi) is 3.47. The Hall–Kier alpha value is -2.03. The van der Waals surface area contributed by atoms with Crippen molar-refractivity contribution in [3.05, 3.63) is 26.4 Å². The van der Waals surface area contributed by atoms with Gasteiger partial charge < -0.3 is 4.90 Å². The topological polar surface area (TPSA) is 71.0 Å². The van der Waals surface area contributed by atoms with Crippen LogP contribution < -0.4 is 16.1 Å². The number of rotatable bonds is 1. The summed E-state index contributed by atoms with van der Waals surface area (Å²) >= 11 is 0. The molecule has 0 unspecified atom stereocenters. The number of nitrogens with zero attached hydrogens (tertiary/aromatic N) is 4. The molecule has 0 amide bonds. The Balaban J connectivity index is 2.60. The number of hydrogen-bond acceptors (Lipinski definition) is 4. The molecule has 2 rings (SSSR count). The zero-order valence-electron chi connectivity index (χ0n) is 11.5. The third-order valence-electron chi connectivity index (χ3n) is 3.83. The fourth-order valence-electron chi connectivity index (χ4n) is 2.52. The standard InChI is InChI=1S/C13H18N4O2/c1-9-4-6-17(7-5-9)11-10(8-14)12(18)16(3)13(19)15(11)2/h9H,4-7H2,1-3H3. The molecule has 0 bridgehead atoms. The molecule has 2 heterocycles. The Morgan fingerprint density at radius 1 is 1.16 bits per heavy atom. The van der Waals surface area contributed by atoms with E-state index in [-0.39, 0.29) is 5.56 Å². The number of piperidine rings is 1. The van der Waals surface area contributed by atoms with Gasteiger partial charge in [0.05, 0.1) is 0 Å². The normalized spacial score (nSPS) is 16.4. The molecule has 0 saturated carbocycles. The maximum Gasteiger partial charge on any atom is 0.332 e. The first-order valence-corrected chi connectivity index (χ1v) is 6.42. The molecule has 0 radical (unpaired) electrons. The van der Waals surface area contributed by atoms with Crippen molar-refractivity contribution in [1.82, 2.24) is 9.13 Å². The van der Waals surface area contributed by atoms with Crippen LogP contribution in [0.15, 0.2) is 9.59 Å². The molecule has 1 aliphatic heterocycles. The van der Waals surface area contributed by atoms with Crippen LogP contribution in [0, 0.1) is 17.2 Å². The van der Waals surface area contributed by atoms with Crippen LogP contribution in [0.4, 0.5) is 5.82 Å². The van der Waals surface area contributed by atoms with E-state index in [0.717, 1.165) is 30.5 Å². The number of hydrogen-bond donors (Lipinski definition) is 0. The minimum Gasteiger partial charge on any atom is -0.357 e. The predicted octanol–water partition coefficient (Wildman–Crippen LogP) is 0.192. The van der Waals surface area contributed by atoms with Gasteiger partial charge >= 0.3 is 5.69 Å². The molecule has 0 atom stereocenters. The smallest absolute Gasteiger partial charge is 0.332 e. The Labute approximate surface area is 111 Å². The molecule has 0 N–H and O–H groups in total. The van der Waals surface area contributed by atoms with Crippen LogP contribution in [-0.2, 0) is 14.1 Å². The van der Waals surface area contributed by atoms with Crippen molar-refractivity contribution >= 4 is 5.82 Å². The van der Waals surface area contributed by atoms with Gasteiger partial charge in [0.2, 0.25) is 0 Å². The van der Waals surface area contributed by atoms with Crippen LogP contribution in [0.25, 0.3) is 0 Å². The highest BCUT2D eigenvalue weighted by molar-refractivity contribution is 5.53. The maximum atomic E-state index is 12.0. The predicted molar refractivity (Wildman–Crippen MR) is 72.3 cm³/mol. The van der Waals surface area contributed by atoms with Crippen LogP contribution in [-0.4, -0.2) is 22.2 Å². The van der Waals surface area contributed by atoms with Crippen LogP contribution in [0.5, 0.6) is 0 Å². The van der Waals surface area contributed by atoms with E-state index in [0.29, 0.717) is 11.7 Å². The van der Waals surface area contributed by atoms with E-state index in [1.807, 2.05) is 11.0 Å². The summed E-state index contributed by atoms with van der Waals surface area (Å²) in [5.74, 6) is 1.10. The SMILES string of the molecule is CC1CCN(c2c(C#N)c(=O)n(C)c(=O)n2C)CC1. The Bertz CT molecular complexity index is 642. The van der Waals surface area contributed by atoms with Crippen molar-refractivity contribution < 1.29 is 0 Å². The first-order valence-electron chi connectivity index (χ1n) is 6.42. The molecular weight excluding hydrogens is 244 g/mol. The molecule has 1 aromatic rings. The van der Waals surface area contributed by atoms with Gasteiger partial charge in [-0.05, 0) is 18.8 Å². The second-order valence-corrected chi connectivity index (χ2v) is 5.19. The average molecular weight is 262 g/mol.